The zero-order valence-electron chi connectivity index (χ0n) is 9.08. The van der Waals surface area contributed by atoms with Gasteiger partial charge in [0.05, 0.1) is 0 Å². The van der Waals surface area contributed by atoms with Crippen molar-refractivity contribution in [1.29, 1.82) is 0 Å². The van der Waals surface area contributed by atoms with Crippen molar-refractivity contribution in [2.45, 2.75) is 13.5 Å². The topological polar surface area (TPSA) is 30.5 Å². The molecule has 0 atom stereocenters. The second-order valence-corrected chi connectivity index (χ2v) is 2.97. The van der Waals surface area contributed by atoms with E-state index >= 15 is 0 Å². The number of benzene rings is 1. The lowest BCUT2D eigenvalue weighted by Crippen LogP contribution is -2.11. The van der Waals surface area contributed by atoms with E-state index < -0.39 is 0 Å². The molecule has 1 aliphatic heterocycles. The van der Waals surface area contributed by atoms with Crippen LogP contribution in [0.3, 0.4) is 0 Å². The van der Waals surface area contributed by atoms with Gasteiger partial charge < -0.3 is 14.8 Å². The fourth-order valence-electron chi connectivity index (χ4n) is 1.32. The summed E-state index contributed by atoms with van der Waals surface area (Å²) >= 11 is 0. The maximum Gasteiger partial charge on any atom is 0.231 e. The Hall–Kier alpha value is -1.48. The predicted octanol–water partition coefficient (Wildman–Crippen LogP) is 2.33. The van der Waals surface area contributed by atoms with Crippen LogP contribution in [0.25, 0.3) is 0 Å². The minimum Gasteiger partial charge on any atom is -0.454 e. The van der Waals surface area contributed by atoms with E-state index in [9.17, 15) is 0 Å². The number of rotatable bonds is 3. The van der Waals surface area contributed by atoms with Crippen LogP contribution in [-0.2, 0) is 6.54 Å². The number of ether oxygens (including phenoxy) is 2. The van der Waals surface area contributed by atoms with Gasteiger partial charge >= 0.3 is 0 Å². The highest BCUT2D eigenvalue weighted by Crippen LogP contribution is 2.32. The van der Waals surface area contributed by atoms with Crippen LogP contribution in [0.4, 0.5) is 0 Å². The van der Waals surface area contributed by atoms with Crippen LogP contribution in [-0.4, -0.2) is 13.3 Å². The smallest absolute Gasteiger partial charge is 0.231 e. The standard InChI is InChI=1S/C10H13NO2.C2H4/c1-2-11-6-8-3-4-9-10(5-8)13-7-12-9;1-2/h3-5,11H,2,6-7H2,1H3;1-2H2. The third-order valence-electron chi connectivity index (χ3n) is 2.02. The first-order chi connectivity index (χ1) is 7.40. The lowest BCUT2D eigenvalue weighted by molar-refractivity contribution is 0.174. The minimum absolute atomic E-state index is 0.347. The first-order valence-electron chi connectivity index (χ1n) is 4.99. The lowest BCUT2D eigenvalue weighted by Gasteiger charge is -2.02. The van der Waals surface area contributed by atoms with Crippen LogP contribution >= 0.6 is 0 Å². The second kappa shape index (κ2) is 6.09. The van der Waals surface area contributed by atoms with Crippen molar-refractivity contribution < 1.29 is 9.47 Å². The number of nitrogens with one attached hydrogen (secondary N) is 1. The normalized spacial score (nSPS) is 11.8. The third-order valence-corrected chi connectivity index (χ3v) is 2.02. The molecule has 1 aliphatic rings. The van der Waals surface area contributed by atoms with Crippen LogP contribution in [0.5, 0.6) is 11.5 Å². The van der Waals surface area contributed by atoms with Gasteiger partial charge in [0.1, 0.15) is 0 Å². The van der Waals surface area contributed by atoms with Gasteiger partial charge in [-0.3, -0.25) is 0 Å². The molecule has 1 heterocycles. The monoisotopic (exact) mass is 207 g/mol. The molecule has 1 aromatic carbocycles. The summed E-state index contributed by atoms with van der Waals surface area (Å²) in [5.74, 6) is 1.70. The molecule has 0 amide bonds. The number of hydrogen-bond acceptors (Lipinski definition) is 3. The van der Waals surface area contributed by atoms with E-state index in [1.807, 2.05) is 12.1 Å². The SMILES string of the molecule is C=C.CCNCc1ccc2c(c1)OCO2. The molecule has 0 aliphatic carbocycles. The molecule has 0 radical (unpaired) electrons. The third kappa shape index (κ3) is 2.99. The van der Waals surface area contributed by atoms with Crippen molar-refractivity contribution >= 4 is 0 Å². The zero-order valence-corrected chi connectivity index (χ0v) is 9.08. The van der Waals surface area contributed by atoms with Gasteiger partial charge in [0, 0.05) is 6.54 Å². The summed E-state index contributed by atoms with van der Waals surface area (Å²) in [6, 6.07) is 6.02. The maximum atomic E-state index is 5.27. The van der Waals surface area contributed by atoms with Crippen LogP contribution in [0.1, 0.15) is 12.5 Å². The molecule has 3 heteroatoms. The Morgan fingerprint density at radius 2 is 2.00 bits per heavy atom. The van der Waals surface area contributed by atoms with E-state index in [-0.39, 0.29) is 0 Å². The summed E-state index contributed by atoms with van der Waals surface area (Å²) in [7, 11) is 0. The van der Waals surface area contributed by atoms with E-state index in [1.165, 1.54) is 5.56 Å². The molecule has 0 saturated carbocycles. The van der Waals surface area contributed by atoms with Crippen molar-refractivity contribution in [2.75, 3.05) is 13.3 Å². The Kier molecular flexibility index (Phi) is 4.71. The van der Waals surface area contributed by atoms with E-state index in [0.29, 0.717) is 6.79 Å². The van der Waals surface area contributed by atoms with E-state index in [0.717, 1.165) is 24.6 Å². The molecule has 0 saturated heterocycles. The zero-order chi connectivity index (χ0) is 11.1. The number of fused-ring (bicyclic) bond motifs is 1. The molecule has 3 nitrogen and oxygen atoms in total. The summed E-state index contributed by atoms with van der Waals surface area (Å²) in [6.45, 7) is 10.3. The highest BCUT2D eigenvalue weighted by Gasteiger charge is 2.12. The maximum absolute atomic E-state index is 5.27. The van der Waals surface area contributed by atoms with Crippen LogP contribution < -0.4 is 14.8 Å². The Labute approximate surface area is 90.7 Å². The first kappa shape index (κ1) is 11.6. The predicted molar refractivity (Wildman–Crippen MR) is 61.2 cm³/mol. The van der Waals surface area contributed by atoms with Gasteiger partial charge in [-0.15, -0.1) is 13.2 Å². The molecule has 82 valence electrons. The molecule has 2 rings (SSSR count). The fourth-order valence-corrected chi connectivity index (χ4v) is 1.32. The molecule has 1 N–H and O–H groups in total. The molecular weight excluding hydrogens is 190 g/mol. The van der Waals surface area contributed by atoms with Crippen molar-refractivity contribution in [2.24, 2.45) is 0 Å². The van der Waals surface area contributed by atoms with Gasteiger partial charge in [-0.05, 0) is 24.2 Å². The van der Waals surface area contributed by atoms with Crippen molar-refractivity contribution in [1.82, 2.24) is 5.32 Å². The molecule has 1 aromatic rings. The van der Waals surface area contributed by atoms with Gasteiger partial charge in [-0.25, -0.2) is 0 Å². The average molecular weight is 207 g/mol. The van der Waals surface area contributed by atoms with E-state index in [4.69, 9.17) is 9.47 Å². The van der Waals surface area contributed by atoms with Crippen molar-refractivity contribution in [3.8, 4) is 11.5 Å². The molecular formula is C12H17NO2. The molecule has 0 unspecified atom stereocenters. The minimum atomic E-state index is 0.347. The Morgan fingerprint density at radius 3 is 2.73 bits per heavy atom. The van der Waals surface area contributed by atoms with Gasteiger partial charge in [0.25, 0.3) is 0 Å². The van der Waals surface area contributed by atoms with Crippen LogP contribution in [0.15, 0.2) is 31.4 Å². The molecule has 0 aromatic heterocycles. The number of hydrogen-bond donors (Lipinski definition) is 1. The molecule has 15 heavy (non-hydrogen) atoms. The van der Waals surface area contributed by atoms with Crippen LogP contribution in [0.2, 0.25) is 0 Å². The average Bonchev–Trinajstić information content (AvgIpc) is 2.76. The second-order valence-electron chi connectivity index (χ2n) is 2.97. The first-order valence-corrected chi connectivity index (χ1v) is 4.99. The largest absolute Gasteiger partial charge is 0.454 e. The Bertz CT molecular complexity index is 312. The summed E-state index contributed by atoms with van der Waals surface area (Å²) in [6.07, 6.45) is 0. The summed E-state index contributed by atoms with van der Waals surface area (Å²) < 4.78 is 10.5. The fraction of sp³-hybridized carbons (Fsp3) is 0.333. The summed E-state index contributed by atoms with van der Waals surface area (Å²) in [5, 5.41) is 3.26. The molecule has 0 spiro atoms. The van der Waals surface area contributed by atoms with Gasteiger partial charge in [-0.1, -0.05) is 13.0 Å². The van der Waals surface area contributed by atoms with E-state index in [2.05, 4.69) is 31.5 Å². The lowest BCUT2D eigenvalue weighted by atomic mass is 10.2. The van der Waals surface area contributed by atoms with Gasteiger partial charge in [0.15, 0.2) is 11.5 Å². The van der Waals surface area contributed by atoms with Gasteiger partial charge in [0.2, 0.25) is 6.79 Å². The highest BCUT2D eigenvalue weighted by molar-refractivity contribution is 5.44. The molecule has 0 bridgehead atoms. The Balaban J connectivity index is 0.000000531. The van der Waals surface area contributed by atoms with Gasteiger partial charge in [-0.2, -0.15) is 0 Å². The summed E-state index contributed by atoms with van der Waals surface area (Å²) in [4.78, 5) is 0. The van der Waals surface area contributed by atoms with Crippen molar-refractivity contribution in [3.05, 3.63) is 36.9 Å². The highest BCUT2D eigenvalue weighted by atomic mass is 16.7. The van der Waals surface area contributed by atoms with Crippen LogP contribution in [0, 0.1) is 0 Å². The summed E-state index contributed by atoms with van der Waals surface area (Å²) in [5.41, 5.74) is 1.23. The molecule has 0 fully saturated rings. The quantitative estimate of drug-likeness (QED) is 0.772. The van der Waals surface area contributed by atoms with Crippen molar-refractivity contribution in [3.63, 3.8) is 0 Å². The Morgan fingerprint density at radius 1 is 1.27 bits per heavy atom. The van der Waals surface area contributed by atoms with E-state index in [1.54, 1.807) is 0 Å².